The van der Waals surface area contributed by atoms with E-state index in [2.05, 4.69) is 15.0 Å². The van der Waals surface area contributed by atoms with Crippen LogP contribution in [0.25, 0.3) is 11.2 Å². The van der Waals surface area contributed by atoms with Crippen LogP contribution in [0.15, 0.2) is 12.7 Å². The third kappa shape index (κ3) is 1.70. The zero-order valence-corrected chi connectivity index (χ0v) is 10.0. The third-order valence-corrected chi connectivity index (χ3v) is 3.80. The second-order valence-corrected chi connectivity index (χ2v) is 4.79. The fourth-order valence-electron chi connectivity index (χ4n) is 2.66. The van der Waals surface area contributed by atoms with E-state index in [1.807, 2.05) is 4.57 Å². The number of aromatic nitrogens is 4. The minimum absolute atomic E-state index is 0.211. The Morgan fingerprint density at radius 3 is 3.06 bits per heavy atom. The van der Waals surface area contributed by atoms with Gasteiger partial charge in [0.05, 0.1) is 6.33 Å². The monoisotopic (exact) mass is 252 g/mol. The van der Waals surface area contributed by atoms with E-state index in [0.717, 1.165) is 24.9 Å². The van der Waals surface area contributed by atoms with Gasteiger partial charge in [0.1, 0.15) is 11.8 Å². The van der Waals surface area contributed by atoms with Crippen molar-refractivity contribution in [3.63, 3.8) is 0 Å². The molecular weight excluding hydrogens is 240 g/mol. The van der Waals surface area contributed by atoms with Gasteiger partial charge in [-0.05, 0) is 12.8 Å². The molecule has 0 aliphatic heterocycles. The molecule has 0 unspecified atom stereocenters. The van der Waals surface area contributed by atoms with Crippen LogP contribution in [0, 0.1) is 5.92 Å². The minimum Gasteiger partial charge on any atom is -0.396 e. The molecule has 3 rings (SSSR count). The molecule has 1 fully saturated rings. The van der Waals surface area contributed by atoms with Crippen molar-refractivity contribution >= 4 is 22.8 Å². The molecule has 0 saturated heterocycles. The second-order valence-electron chi connectivity index (χ2n) is 4.43. The van der Waals surface area contributed by atoms with Crippen molar-refractivity contribution in [1.29, 1.82) is 0 Å². The Hall–Kier alpha value is -1.20. The lowest BCUT2D eigenvalue weighted by Crippen LogP contribution is -2.16. The van der Waals surface area contributed by atoms with Gasteiger partial charge in [-0.1, -0.05) is 18.0 Å². The van der Waals surface area contributed by atoms with Crippen molar-refractivity contribution in [3.05, 3.63) is 17.8 Å². The van der Waals surface area contributed by atoms with Crippen molar-refractivity contribution in [1.82, 2.24) is 19.5 Å². The minimum atomic E-state index is 0.211. The summed E-state index contributed by atoms with van der Waals surface area (Å²) in [5.74, 6) is 0.293. The summed E-state index contributed by atoms with van der Waals surface area (Å²) in [4.78, 5) is 12.4. The molecule has 2 atom stereocenters. The van der Waals surface area contributed by atoms with Gasteiger partial charge in [-0.25, -0.2) is 15.0 Å². The number of hydrogen-bond donors (Lipinski definition) is 1. The predicted molar refractivity (Wildman–Crippen MR) is 63.8 cm³/mol. The molecule has 0 bridgehead atoms. The molecule has 1 aliphatic rings. The molecule has 2 aromatic heterocycles. The van der Waals surface area contributed by atoms with Gasteiger partial charge < -0.3 is 9.67 Å². The summed E-state index contributed by atoms with van der Waals surface area (Å²) in [5, 5.41) is 9.75. The Morgan fingerprint density at radius 1 is 1.35 bits per heavy atom. The molecule has 6 heteroatoms. The van der Waals surface area contributed by atoms with Crippen LogP contribution in [0.1, 0.15) is 25.3 Å². The molecular formula is C11H13ClN4O. The van der Waals surface area contributed by atoms with E-state index >= 15 is 0 Å². The normalized spacial score (nSPS) is 24.6. The van der Waals surface area contributed by atoms with Crippen molar-refractivity contribution in [3.8, 4) is 0 Å². The maximum absolute atomic E-state index is 9.37. The van der Waals surface area contributed by atoms with Gasteiger partial charge in [0, 0.05) is 18.6 Å². The fourth-order valence-corrected chi connectivity index (χ4v) is 2.84. The summed E-state index contributed by atoms with van der Waals surface area (Å²) in [7, 11) is 0. The lowest BCUT2D eigenvalue weighted by Gasteiger charge is -2.19. The van der Waals surface area contributed by atoms with Crippen LogP contribution in [-0.4, -0.2) is 31.2 Å². The standard InChI is InChI=1S/C11H13ClN4O/c12-10-9-11(14-5-13-10)16(6-15-9)8-3-1-2-7(8)4-17/h5-8,17H,1-4H2/t7-,8+/m1/s1. The molecule has 0 amide bonds. The second kappa shape index (κ2) is 4.23. The van der Waals surface area contributed by atoms with Gasteiger partial charge in [-0.3, -0.25) is 0 Å². The molecule has 1 aliphatic carbocycles. The molecule has 0 aromatic carbocycles. The quantitative estimate of drug-likeness (QED) is 0.828. The van der Waals surface area contributed by atoms with Gasteiger partial charge >= 0.3 is 0 Å². The maximum Gasteiger partial charge on any atom is 0.165 e. The van der Waals surface area contributed by atoms with E-state index < -0.39 is 0 Å². The average Bonchev–Trinajstić information content (AvgIpc) is 2.94. The topological polar surface area (TPSA) is 63.8 Å². The largest absolute Gasteiger partial charge is 0.396 e. The Kier molecular flexibility index (Phi) is 2.72. The van der Waals surface area contributed by atoms with Crippen LogP contribution >= 0.6 is 11.6 Å². The summed E-state index contributed by atoms with van der Waals surface area (Å²) in [6.07, 6.45) is 6.45. The van der Waals surface area contributed by atoms with Gasteiger partial charge in [-0.2, -0.15) is 0 Å². The first-order valence-electron chi connectivity index (χ1n) is 5.75. The maximum atomic E-state index is 9.37. The highest BCUT2D eigenvalue weighted by Gasteiger charge is 2.29. The third-order valence-electron chi connectivity index (χ3n) is 3.52. The molecule has 1 saturated carbocycles. The summed E-state index contributed by atoms with van der Waals surface area (Å²) < 4.78 is 2.02. The van der Waals surface area contributed by atoms with E-state index in [1.54, 1.807) is 6.33 Å². The van der Waals surface area contributed by atoms with E-state index in [0.29, 0.717) is 16.6 Å². The Morgan fingerprint density at radius 2 is 2.24 bits per heavy atom. The first-order chi connectivity index (χ1) is 8.31. The Labute approximate surface area is 103 Å². The van der Waals surface area contributed by atoms with Crippen molar-refractivity contribution in [2.24, 2.45) is 5.92 Å². The molecule has 0 radical (unpaired) electrons. The number of halogens is 1. The lowest BCUT2D eigenvalue weighted by atomic mass is 10.1. The number of hydrogen-bond acceptors (Lipinski definition) is 4. The van der Waals surface area contributed by atoms with Crippen molar-refractivity contribution in [2.75, 3.05) is 6.61 Å². The van der Waals surface area contributed by atoms with E-state index in [9.17, 15) is 5.11 Å². The summed E-state index contributed by atoms with van der Waals surface area (Å²) >= 11 is 5.97. The highest BCUT2D eigenvalue weighted by atomic mass is 35.5. The number of imidazole rings is 1. The smallest absolute Gasteiger partial charge is 0.165 e. The fraction of sp³-hybridized carbons (Fsp3) is 0.545. The molecule has 2 aromatic rings. The Bertz CT molecular complexity index is 541. The van der Waals surface area contributed by atoms with Crippen LogP contribution in [0.2, 0.25) is 5.15 Å². The first-order valence-corrected chi connectivity index (χ1v) is 6.13. The lowest BCUT2D eigenvalue weighted by molar-refractivity contribution is 0.197. The molecule has 0 spiro atoms. The van der Waals surface area contributed by atoms with E-state index in [1.165, 1.54) is 6.33 Å². The number of aliphatic hydroxyl groups excluding tert-OH is 1. The van der Waals surface area contributed by atoms with Crippen LogP contribution < -0.4 is 0 Å². The molecule has 2 heterocycles. The number of aliphatic hydroxyl groups is 1. The number of nitrogens with zero attached hydrogens (tertiary/aromatic N) is 4. The van der Waals surface area contributed by atoms with Crippen LogP contribution in [0.3, 0.4) is 0 Å². The first kappa shape index (κ1) is 10.9. The van der Waals surface area contributed by atoms with E-state index in [-0.39, 0.29) is 12.6 Å². The van der Waals surface area contributed by atoms with Gasteiger partial charge in [0.15, 0.2) is 10.8 Å². The van der Waals surface area contributed by atoms with Crippen LogP contribution in [-0.2, 0) is 0 Å². The predicted octanol–water partition coefficient (Wildman–Crippen LogP) is 1.81. The number of fused-ring (bicyclic) bond motifs is 1. The summed E-state index contributed by atoms with van der Waals surface area (Å²) in [6, 6.07) is 0.274. The molecule has 90 valence electrons. The zero-order valence-electron chi connectivity index (χ0n) is 9.25. The molecule has 1 N–H and O–H groups in total. The van der Waals surface area contributed by atoms with Crippen molar-refractivity contribution < 1.29 is 5.11 Å². The molecule has 17 heavy (non-hydrogen) atoms. The SMILES string of the molecule is OC[C@H]1CCC[C@@H]1n1cnc2c(Cl)ncnc21. The highest BCUT2D eigenvalue weighted by molar-refractivity contribution is 6.33. The van der Waals surface area contributed by atoms with E-state index in [4.69, 9.17) is 11.6 Å². The summed E-state index contributed by atoms with van der Waals surface area (Å²) in [5.41, 5.74) is 1.40. The average molecular weight is 253 g/mol. The van der Waals surface area contributed by atoms with Crippen LogP contribution in [0.5, 0.6) is 0 Å². The summed E-state index contributed by atoms with van der Waals surface area (Å²) in [6.45, 7) is 0.211. The highest BCUT2D eigenvalue weighted by Crippen LogP contribution is 2.37. The van der Waals surface area contributed by atoms with Gasteiger partial charge in [0.25, 0.3) is 0 Å². The van der Waals surface area contributed by atoms with Crippen LogP contribution in [0.4, 0.5) is 0 Å². The Balaban J connectivity index is 2.09. The van der Waals surface area contributed by atoms with Gasteiger partial charge in [-0.15, -0.1) is 0 Å². The zero-order chi connectivity index (χ0) is 11.8. The number of rotatable bonds is 2. The van der Waals surface area contributed by atoms with Crippen molar-refractivity contribution in [2.45, 2.75) is 25.3 Å². The molecule has 5 nitrogen and oxygen atoms in total. The van der Waals surface area contributed by atoms with Gasteiger partial charge in [0.2, 0.25) is 0 Å².